The van der Waals surface area contributed by atoms with Gasteiger partial charge in [-0.25, -0.2) is 0 Å². The van der Waals surface area contributed by atoms with Crippen LogP contribution in [0.1, 0.15) is 37.6 Å². The highest BCUT2D eigenvalue weighted by Gasteiger charge is 2.16. The van der Waals surface area contributed by atoms with Crippen LogP contribution in [0.2, 0.25) is 5.02 Å². The van der Waals surface area contributed by atoms with Gasteiger partial charge in [-0.1, -0.05) is 37.6 Å². The number of rotatable bonds is 10. The molecule has 8 heteroatoms. The molecular formula is C27H28BrClN2O4. The van der Waals surface area contributed by atoms with Crippen LogP contribution in [0.3, 0.4) is 0 Å². The summed E-state index contributed by atoms with van der Waals surface area (Å²) in [7, 11) is 0. The van der Waals surface area contributed by atoms with Crippen LogP contribution in [0.5, 0.6) is 11.5 Å². The van der Waals surface area contributed by atoms with E-state index in [1.165, 1.54) is 0 Å². The van der Waals surface area contributed by atoms with E-state index in [1.807, 2.05) is 0 Å². The van der Waals surface area contributed by atoms with Crippen LogP contribution in [-0.2, 0) is 4.79 Å². The molecule has 0 fully saturated rings. The Morgan fingerprint density at radius 3 is 2.20 bits per heavy atom. The largest absolute Gasteiger partial charge is 0.492 e. The fourth-order valence-corrected chi connectivity index (χ4v) is 3.71. The van der Waals surface area contributed by atoms with Crippen molar-refractivity contribution in [1.82, 2.24) is 0 Å². The lowest BCUT2D eigenvalue weighted by Crippen LogP contribution is -2.30. The highest BCUT2D eigenvalue weighted by atomic mass is 79.9. The molecule has 1 atom stereocenters. The van der Waals surface area contributed by atoms with E-state index in [0.29, 0.717) is 46.0 Å². The Hall–Kier alpha value is -3.03. The maximum atomic E-state index is 12.7. The van der Waals surface area contributed by atoms with Crippen molar-refractivity contribution in [2.24, 2.45) is 5.92 Å². The minimum Gasteiger partial charge on any atom is -0.492 e. The van der Waals surface area contributed by atoms with E-state index < -0.39 is 6.10 Å². The van der Waals surface area contributed by atoms with Gasteiger partial charge in [-0.3, -0.25) is 9.59 Å². The summed E-state index contributed by atoms with van der Waals surface area (Å²) in [6.45, 7) is 6.55. The normalized spacial score (nSPS) is 11.6. The van der Waals surface area contributed by atoms with E-state index in [1.54, 1.807) is 73.7 Å². The molecule has 184 valence electrons. The van der Waals surface area contributed by atoms with Crippen LogP contribution < -0.4 is 20.1 Å². The number of benzene rings is 3. The standard InChI is InChI=1S/C27H28BrClN2O4/c1-17(2)14-15-34-24-13-8-19(16-22(24)28)27(33)31-21-11-9-20(10-12-21)30-26(32)18(3)35-25-7-5-4-6-23(25)29/h4-13,16-18H,14-15H2,1-3H3,(H,30,32)(H,31,33). The first kappa shape index (κ1) is 26.6. The summed E-state index contributed by atoms with van der Waals surface area (Å²) in [5.74, 6) is 1.13. The molecular weight excluding hydrogens is 532 g/mol. The average Bonchev–Trinajstić information content (AvgIpc) is 2.82. The van der Waals surface area contributed by atoms with Gasteiger partial charge in [0.05, 0.1) is 16.1 Å². The molecule has 0 radical (unpaired) electrons. The average molecular weight is 560 g/mol. The number of carbonyl (C=O) groups is 2. The number of hydrogen-bond donors (Lipinski definition) is 2. The minimum atomic E-state index is -0.745. The van der Waals surface area contributed by atoms with Crippen molar-refractivity contribution < 1.29 is 19.1 Å². The molecule has 6 nitrogen and oxygen atoms in total. The summed E-state index contributed by atoms with van der Waals surface area (Å²) in [5.41, 5.74) is 1.67. The molecule has 2 N–H and O–H groups in total. The van der Waals surface area contributed by atoms with Gasteiger partial charge in [-0.2, -0.15) is 0 Å². The number of para-hydroxylation sites is 1. The lowest BCUT2D eigenvalue weighted by atomic mass is 10.1. The van der Waals surface area contributed by atoms with Crippen molar-refractivity contribution in [3.8, 4) is 11.5 Å². The van der Waals surface area contributed by atoms with E-state index in [9.17, 15) is 9.59 Å². The van der Waals surface area contributed by atoms with Crippen LogP contribution in [-0.4, -0.2) is 24.5 Å². The maximum Gasteiger partial charge on any atom is 0.265 e. The Kier molecular flexibility index (Phi) is 9.57. The molecule has 3 rings (SSSR count). The van der Waals surface area contributed by atoms with Gasteiger partial charge < -0.3 is 20.1 Å². The van der Waals surface area contributed by atoms with Crippen molar-refractivity contribution in [2.75, 3.05) is 17.2 Å². The molecule has 0 spiro atoms. The first-order valence-corrected chi connectivity index (χ1v) is 12.5. The third-order valence-corrected chi connectivity index (χ3v) is 6.00. The van der Waals surface area contributed by atoms with Crippen LogP contribution >= 0.6 is 27.5 Å². The minimum absolute atomic E-state index is 0.252. The first-order valence-electron chi connectivity index (χ1n) is 11.3. The van der Waals surface area contributed by atoms with E-state index in [4.69, 9.17) is 21.1 Å². The monoisotopic (exact) mass is 558 g/mol. The zero-order chi connectivity index (χ0) is 25.4. The highest BCUT2D eigenvalue weighted by Crippen LogP contribution is 2.27. The van der Waals surface area contributed by atoms with Crippen molar-refractivity contribution in [2.45, 2.75) is 33.3 Å². The summed E-state index contributed by atoms with van der Waals surface area (Å²) in [6, 6.07) is 19.1. The summed E-state index contributed by atoms with van der Waals surface area (Å²) in [6.07, 6.45) is 0.211. The lowest BCUT2D eigenvalue weighted by Gasteiger charge is -2.16. The quantitative estimate of drug-likeness (QED) is 0.276. The number of ether oxygens (including phenoxy) is 2. The number of carbonyl (C=O) groups excluding carboxylic acids is 2. The van der Waals surface area contributed by atoms with Crippen molar-refractivity contribution in [1.29, 1.82) is 0 Å². The fraction of sp³-hybridized carbons (Fsp3) is 0.259. The predicted octanol–water partition coefficient (Wildman–Crippen LogP) is 7.19. The van der Waals surface area contributed by atoms with E-state index in [-0.39, 0.29) is 11.8 Å². The van der Waals surface area contributed by atoms with Gasteiger partial charge in [0, 0.05) is 16.9 Å². The molecule has 0 aliphatic carbocycles. The summed E-state index contributed by atoms with van der Waals surface area (Å²) >= 11 is 9.56. The Morgan fingerprint density at radius 1 is 0.914 bits per heavy atom. The molecule has 3 aromatic carbocycles. The number of amides is 2. The van der Waals surface area contributed by atoms with Crippen molar-refractivity contribution in [3.05, 3.63) is 81.8 Å². The van der Waals surface area contributed by atoms with E-state index in [2.05, 4.69) is 40.4 Å². The topological polar surface area (TPSA) is 76.7 Å². The van der Waals surface area contributed by atoms with Crippen molar-refractivity contribution in [3.63, 3.8) is 0 Å². The molecule has 0 aromatic heterocycles. The molecule has 0 aliphatic rings. The van der Waals surface area contributed by atoms with Crippen LogP contribution in [0.4, 0.5) is 11.4 Å². The second-order valence-corrected chi connectivity index (χ2v) is 9.65. The smallest absolute Gasteiger partial charge is 0.265 e. The number of halogens is 2. The molecule has 0 saturated carbocycles. The summed E-state index contributed by atoms with van der Waals surface area (Å²) in [4.78, 5) is 25.1. The second-order valence-electron chi connectivity index (χ2n) is 8.39. The molecule has 0 saturated heterocycles. The molecule has 3 aromatic rings. The van der Waals surface area contributed by atoms with Gasteiger partial charge in [0.2, 0.25) is 0 Å². The molecule has 2 amide bonds. The fourth-order valence-electron chi connectivity index (χ4n) is 3.03. The van der Waals surface area contributed by atoms with Gasteiger partial charge in [-0.15, -0.1) is 0 Å². The zero-order valence-electron chi connectivity index (χ0n) is 19.8. The SMILES string of the molecule is CC(C)CCOc1ccc(C(=O)Nc2ccc(NC(=O)C(C)Oc3ccccc3Cl)cc2)cc1Br. The zero-order valence-corrected chi connectivity index (χ0v) is 22.2. The van der Waals surface area contributed by atoms with Crippen LogP contribution in [0.25, 0.3) is 0 Å². The van der Waals surface area contributed by atoms with Crippen LogP contribution in [0.15, 0.2) is 71.2 Å². The third kappa shape index (κ3) is 8.01. The molecule has 0 heterocycles. The molecule has 1 unspecified atom stereocenters. The predicted molar refractivity (Wildman–Crippen MR) is 144 cm³/mol. The Morgan fingerprint density at radius 2 is 1.57 bits per heavy atom. The maximum absolute atomic E-state index is 12.7. The van der Waals surface area contributed by atoms with E-state index >= 15 is 0 Å². The van der Waals surface area contributed by atoms with Crippen molar-refractivity contribution >= 4 is 50.7 Å². The third-order valence-electron chi connectivity index (χ3n) is 5.07. The Labute approximate surface area is 219 Å². The summed E-state index contributed by atoms with van der Waals surface area (Å²) < 4.78 is 12.1. The molecule has 35 heavy (non-hydrogen) atoms. The van der Waals surface area contributed by atoms with Crippen LogP contribution in [0, 0.1) is 5.92 Å². The Balaban J connectivity index is 1.54. The number of anilines is 2. The molecule has 0 aliphatic heterocycles. The second kappa shape index (κ2) is 12.6. The van der Waals surface area contributed by atoms with E-state index in [0.717, 1.165) is 10.9 Å². The highest BCUT2D eigenvalue weighted by molar-refractivity contribution is 9.10. The van der Waals surface area contributed by atoms with Gasteiger partial charge in [0.25, 0.3) is 11.8 Å². The Bertz CT molecular complexity index is 1170. The van der Waals surface area contributed by atoms with Gasteiger partial charge in [0.1, 0.15) is 11.5 Å². The molecule has 0 bridgehead atoms. The lowest BCUT2D eigenvalue weighted by molar-refractivity contribution is -0.122. The number of hydrogen-bond acceptors (Lipinski definition) is 4. The van der Waals surface area contributed by atoms with Gasteiger partial charge in [0.15, 0.2) is 6.10 Å². The summed E-state index contributed by atoms with van der Waals surface area (Å²) in [5, 5.41) is 6.08. The number of nitrogens with one attached hydrogen (secondary N) is 2. The van der Waals surface area contributed by atoms with Gasteiger partial charge in [-0.05, 0) is 89.8 Å². The first-order chi connectivity index (χ1) is 16.7. The van der Waals surface area contributed by atoms with Gasteiger partial charge >= 0.3 is 0 Å².